The molecule has 0 aliphatic carbocycles. The number of carbonyl (C=O) groups excluding carboxylic acids is 1. The summed E-state index contributed by atoms with van der Waals surface area (Å²) in [5.74, 6) is 0.272. The van der Waals surface area contributed by atoms with Crippen LogP contribution in [0.2, 0.25) is 0 Å². The first-order valence-electron chi connectivity index (χ1n) is 9.39. The minimum Gasteiger partial charge on any atom is -0.495 e. The Labute approximate surface area is 167 Å². The van der Waals surface area contributed by atoms with Gasteiger partial charge < -0.3 is 19.7 Å². The Bertz CT molecular complexity index is 766. The lowest BCUT2D eigenvalue weighted by Crippen LogP contribution is -2.43. The molecule has 1 N–H and O–H groups in total. The molecule has 8 nitrogen and oxygen atoms in total. The van der Waals surface area contributed by atoms with Crippen LogP contribution in [0, 0.1) is 5.92 Å². The highest BCUT2D eigenvalue weighted by molar-refractivity contribution is 7.89. The molecule has 0 spiro atoms. The molecule has 0 radical (unpaired) electrons. The summed E-state index contributed by atoms with van der Waals surface area (Å²) in [5, 5.41) is 2.91. The van der Waals surface area contributed by atoms with E-state index in [1.165, 1.54) is 23.5 Å². The molecule has 2 rings (SSSR count). The van der Waals surface area contributed by atoms with Gasteiger partial charge in [-0.15, -0.1) is 0 Å². The second kappa shape index (κ2) is 9.69. The molecule has 1 fully saturated rings. The van der Waals surface area contributed by atoms with Crippen LogP contribution in [-0.4, -0.2) is 83.6 Å². The number of ether oxygens (including phenoxy) is 2. The molecule has 0 aromatic heterocycles. The van der Waals surface area contributed by atoms with Crippen LogP contribution in [0.25, 0.3) is 0 Å². The summed E-state index contributed by atoms with van der Waals surface area (Å²) >= 11 is 0. The van der Waals surface area contributed by atoms with Gasteiger partial charge in [0.05, 0.1) is 20.3 Å². The first-order chi connectivity index (χ1) is 13.2. The lowest BCUT2D eigenvalue weighted by molar-refractivity contribution is 0.0729. The van der Waals surface area contributed by atoms with Gasteiger partial charge in [-0.3, -0.25) is 4.79 Å². The third-order valence-electron chi connectivity index (χ3n) is 4.92. The fourth-order valence-electron chi connectivity index (χ4n) is 3.26. The Balaban J connectivity index is 2.25. The molecule has 0 saturated carbocycles. The Hall–Kier alpha value is -1.68. The first-order valence-corrected chi connectivity index (χ1v) is 10.8. The maximum Gasteiger partial charge on any atom is 0.251 e. The van der Waals surface area contributed by atoms with Crippen LogP contribution in [0.4, 0.5) is 0 Å². The van der Waals surface area contributed by atoms with E-state index in [-0.39, 0.29) is 41.2 Å². The van der Waals surface area contributed by atoms with Gasteiger partial charge in [-0.25, -0.2) is 8.42 Å². The highest BCUT2D eigenvalue weighted by Crippen LogP contribution is 2.28. The number of likely N-dealkylation sites (N-methyl/N-ethyl adjacent to an activating group) is 1. The van der Waals surface area contributed by atoms with Gasteiger partial charge in [0, 0.05) is 31.2 Å². The van der Waals surface area contributed by atoms with E-state index in [1.807, 2.05) is 14.1 Å². The van der Waals surface area contributed by atoms with Crippen molar-refractivity contribution in [2.24, 2.45) is 5.92 Å². The van der Waals surface area contributed by atoms with Crippen LogP contribution in [0.1, 0.15) is 24.2 Å². The van der Waals surface area contributed by atoms with Crippen molar-refractivity contribution in [1.82, 2.24) is 14.5 Å². The van der Waals surface area contributed by atoms with E-state index in [0.717, 1.165) is 0 Å². The van der Waals surface area contributed by atoms with E-state index in [2.05, 4.69) is 24.1 Å². The molecule has 1 atom stereocenters. The molecule has 1 aromatic carbocycles. The second-order valence-corrected chi connectivity index (χ2v) is 9.27. The maximum atomic E-state index is 13.0. The summed E-state index contributed by atoms with van der Waals surface area (Å²) in [6, 6.07) is 4.67. The van der Waals surface area contributed by atoms with Crippen LogP contribution in [0.5, 0.6) is 5.75 Å². The van der Waals surface area contributed by atoms with Crippen LogP contribution < -0.4 is 10.1 Å². The highest BCUT2D eigenvalue weighted by atomic mass is 32.2. The largest absolute Gasteiger partial charge is 0.495 e. The third kappa shape index (κ3) is 5.22. The number of sulfonamides is 1. The van der Waals surface area contributed by atoms with Crippen LogP contribution >= 0.6 is 0 Å². The Morgan fingerprint density at radius 1 is 1.29 bits per heavy atom. The molecular formula is C19H31N3O5S. The Kier molecular flexibility index (Phi) is 7.82. The van der Waals surface area contributed by atoms with Crippen LogP contribution in [-0.2, 0) is 14.8 Å². The van der Waals surface area contributed by atoms with Crippen LogP contribution in [0.3, 0.4) is 0 Å². The second-order valence-electron chi connectivity index (χ2n) is 7.37. The van der Waals surface area contributed by atoms with Gasteiger partial charge in [0.1, 0.15) is 10.6 Å². The minimum absolute atomic E-state index is 0.00225. The fraction of sp³-hybridized carbons (Fsp3) is 0.632. The van der Waals surface area contributed by atoms with E-state index in [0.29, 0.717) is 25.7 Å². The number of rotatable bonds is 8. The van der Waals surface area contributed by atoms with Gasteiger partial charge in [0.15, 0.2) is 0 Å². The predicted octanol–water partition coefficient (Wildman–Crippen LogP) is 1.03. The molecule has 1 heterocycles. The summed E-state index contributed by atoms with van der Waals surface area (Å²) in [6.07, 6.45) is 0. The topological polar surface area (TPSA) is 88.2 Å². The summed E-state index contributed by atoms with van der Waals surface area (Å²) < 4.78 is 37.9. The maximum absolute atomic E-state index is 13.0. The van der Waals surface area contributed by atoms with Gasteiger partial charge in [-0.05, 0) is 38.2 Å². The SMILES string of the molecule is COc1ccc(C(=O)NCC(C(C)C)N(C)C)cc1S(=O)(=O)N1CCOCC1. The number of morpholine rings is 1. The van der Waals surface area contributed by atoms with Crippen molar-refractivity contribution in [2.45, 2.75) is 24.8 Å². The fourth-order valence-corrected chi connectivity index (χ4v) is 4.85. The number of carbonyl (C=O) groups is 1. The minimum atomic E-state index is -3.78. The standard InChI is InChI=1S/C19H31N3O5S/c1-14(2)16(21(3)4)13-20-19(23)15-6-7-17(26-5)18(12-15)28(24,25)22-8-10-27-11-9-22/h6-7,12,14,16H,8-11,13H2,1-5H3,(H,20,23). The molecule has 9 heteroatoms. The molecule has 1 amide bonds. The summed E-state index contributed by atoms with van der Waals surface area (Å²) in [7, 11) is 1.57. The third-order valence-corrected chi connectivity index (χ3v) is 6.84. The number of hydrogen-bond donors (Lipinski definition) is 1. The van der Waals surface area contributed by atoms with Gasteiger partial charge in [0.2, 0.25) is 10.0 Å². The van der Waals surface area contributed by atoms with Crippen molar-refractivity contribution in [2.75, 3.05) is 54.1 Å². The number of methoxy groups -OCH3 is 1. The summed E-state index contributed by atoms with van der Waals surface area (Å²) in [6.45, 7) is 5.92. The molecule has 28 heavy (non-hydrogen) atoms. The van der Waals surface area contributed by atoms with E-state index in [9.17, 15) is 13.2 Å². The molecule has 1 aromatic rings. The number of nitrogens with one attached hydrogen (secondary N) is 1. The smallest absolute Gasteiger partial charge is 0.251 e. The number of nitrogens with zero attached hydrogens (tertiary/aromatic N) is 2. The predicted molar refractivity (Wildman–Crippen MR) is 107 cm³/mol. The van der Waals surface area contributed by atoms with E-state index >= 15 is 0 Å². The molecular weight excluding hydrogens is 382 g/mol. The monoisotopic (exact) mass is 413 g/mol. The van der Waals surface area contributed by atoms with Gasteiger partial charge in [-0.1, -0.05) is 13.8 Å². The molecule has 1 aliphatic heterocycles. The van der Waals surface area contributed by atoms with Gasteiger partial charge >= 0.3 is 0 Å². The Morgan fingerprint density at radius 3 is 2.46 bits per heavy atom. The van der Waals surface area contributed by atoms with Gasteiger partial charge in [-0.2, -0.15) is 4.31 Å². The molecule has 1 unspecified atom stereocenters. The van der Waals surface area contributed by atoms with Crippen molar-refractivity contribution < 1.29 is 22.7 Å². The lowest BCUT2D eigenvalue weighted by Gasteiger charge is -2.28. The van der Waals surface area contributed by atoms with Crippen molar-refractivity contribution in [3.05, 3.63) is 23.8 Å². The highest BCUT2D eigenvalue weighted by Gasteiger charge is 2.30. The number of benzene rings is 1. The molecule has 158 valence electrons. The molecule has 1 saturated heterocycles. The van der Waals surface area contributed by atoms with Gasteiger partial charge in [0.25, 0.3) is 5.91 Å². The zero-order valence-electron chi connectivity index (χ0n) is 17.3. The average molecular weight is 414 g/mol. The van der Waals surface area contributed by atoms with Crippen molar-refractivity contribution in [3.8, 4) is 5.75 Å². The number of hydrogen-bond acceptors (Lipinski definition) is 6. The van der Waals surface area contributed by atoms with Crippen LogP contribution in [0.15, 0.2) is 23.1 Å². The zero-order chi connectivity index (χ0) is 20.9. The van der Waals surface area contributed by atoms with E-state index in [4.69, 9.17) is 9.47 Å². The summed E-state index contributed by atoms with van der Waals surface area (Å²) in [5.41, 5.74) is 0.286. The van der Waals surface area contributed by atoms with Crippen molar-refractivity contribution in [3.63, 3.8) is 0 Å². The quantitative estimate of drug-likeness (QED) is 0.685. The number of amides is 1. The van der Waals surface area contributed by atoms with E-state index < -0.39 is 10.0 Å². The van der Waals surface area contributed by atoms with E-state index in [1.54, 1.807) is 6.07 Å². The molecule has 1 aliphatic rings. The lowest BCUT2D eigenvalue weighted by atomic mass is 10.0. The van der Waals surface area contributed by atoms with Crippen molar-refractivity contribution in [1.29, 1.82) is 0 Å². The normalized spacial score (nSPS) is 17.0. The summed E-state index contributed by atoms with van der Waals surface area (Å²) in [4.78, 5) is 14.7. The zero-order valence-corrected chi connectivity index (χ0v) is 18.1. The average Bonchev–Trinajstić information content (AvgIpc) is 2.67. The Morgan fingerprint density at radius 2 is 1.93 bits per heavy atom. The molecule has 0 bridgehead atoms. The van der Waals surface area contributed by atoms with Crippen molar-refractivity contribution >= 4 is 15.9 Å². The first kappa shape index (κ1) is 22.6.